The van der Waals surface area contributed by atoms with E-state index in [-0.39, 0.29) is 11.4 Å². The summed E-state index contributed by atoms with van der Waals surface area (Å²) in [5, 5.41) is 0.456. The van der Waals surface area contributed by atoms with Crippen molar-refractivity contribution in [3.8, 4) is 11.4 Å². The minimum atomic E-state index is -4.39. The Hall–Kier alpha value is -2.57. The average Bonchev–Trinajstić information content (AvgIpc) is 2.90. The second-order valence-corrected chi connectivity index (χ2v) is 4.83. The van der Waals surface area contributed by atoms with E-state index in [1.165, 1.54) is 12.1 Å². The lowest BCUT2D eigenvalue weighted by molar-refractivity contribution is -0.137. The van der Waals surface area contributed by atoms with Crippen LogP contribution in [0, 0.1) is 0 Å². The predicted octanol–water partition coefficient (Wildman–Crippen LogP) is 3.43. The van der Waals surface area contributed by atoms with Crippen molar-refractivity contribution >= 4 is 11.0 Å². The largest absolute Gasteiger partial charge is 0.416 e. The van der Waals surface area contributed by atoms with E-state index in [9.17, 15) is 18.0 Å². The molecule has 1 N–H and O–H groups in total. The molecule has 0 unspecified atom stereocenters. The van der Waals surface area contributed by atoms with Crippen LogP contribution in [0.2, 0.25) is 0 Å². The van der Waals surface area contributed by atoms with Gasteiger partial charge in [-0.2, -0.15) is 13.2 Å². The highest BCUT2D eigenvalue weighted by atomic mass is 19.4. The molecule has 0 amide bonds. The average molecular weight is 307 g/mol. The van der Waals surface area contributed by atoms with Crippen LogP contribution in [-0.2, 0) is 12.7 Å². The summed E-state index contributed by atoms with van der Waals surface area (Å²) in [6.07, 6.45) is -2.64. The first-order chi connectivity index (χ1) is 10.4. The summed E-state index contributed by atoms with van der Waals surface area (Å²) in [6.45, 7) is 2.56. The molecule has 0 spiro atoms. The standard InChI is InChI=1S/C15H12F3N3O/c1-2-21-8-7-11-13(21)19-12(20-14(11)22)9-3-5-10(6-4-9)15(16,17)18/h3-8H,2H2,1H3,(H,19,20,22). The van der Waals surface area contributed by atoms with E-state index in [1.54, 1.807) is 16.8 Å². The topological polar surface area (TPSA) is 50.7 Å². The minimum absolute atomic E-state index is 0.250. The second-order valence-electron chi connectivity index (χ2n) is 4.83. The fourth-order valence-corrected chi connectivity index (χ4v) is 2.28. The number of aryl methyl sites for hydroxylation is 1. The van der Waals surface area contributed by atoms with Gasteiger partial charge in [-0.3, -0.25) is 4.79 Å². The fourth-order valence-electron chi connectivity index (χ4n) is 2.28. The van der Waals surface area contributed by atoms with Gasteiger partial charge in [0.05, 0.1) is 10.9 Å². The number of H-pyrrole nitrogens is 1. The molecule has 0 aliphatic carbocycles. The number of aromatic amines is 1. The van der Waals surface area contributed by atoms with Gasteiger partial charge in [0.25, 0.3) is 5.56 Å². The number of hydrogen-bond acceptors (Lipinski definition) is 2. The van der Waals surface area contributed by atoms with Crippen molar-refractivity contribution in [2.24, 2.45) is 0 Å². The van der Waals surface area contributed by atoms with Gasteiger partial charge in [0, 0.05) is 18.3 Å². The molecule has 0 fully saturated rings. The summed E-state index contributed by atoms with van der Waals surface area (Å²) in [5.41, 5.74) is -0.110. The van der Waals surface area contributed by atoms with Crippen LogP contribution in [0.3, 0.4) is 0 Å². The zero-order chi connectivity index (χ0) is 15.9. The predicted molar refractivity (Wildman–Crippen MR) is 76.5 cm³/mol. The SMILES string of the molecule is CCn1ccc2c(=O)[nH]c(-c3ccc(C(F)(F)F)cc3)nc21. The molecule has 1 aromatic carbocycles. The van der Waals surface area contributed by atoms with Crippen LogP contribution >= 0.6 is 0 Å². The quantitative estimate of drug-likeness (QED) is 0.788. The Morgan fingerprint density at radius 2 is 1.86 bits per heavy atom. The summed E-state index contributed by atoms with van der Waals surface area (Å²) >= 11 is 0. The van der Waals surface area contributed by atoms with Crippen LogP contribution in [0.15, 0.2) is 41.3 Å². The molecule has 2 aromatic heterocycles. The molecule has 3 aromatic rings. The zero-order valence-corrected chi connectivity index (χ0v) is 11.6. The van der Waals surface area contributed by atoms with Gasteiger partial charge in [-0.05, 0) is 25.1 Å². The van der Waals surface area contributed by atoms with E-state index in [2.05, 4.69) is 9.97 Å². The van der Waals surface area contributed by atoms with Gasteiger partial charge >= 0.3 is 6.18 Å². The van der Waals surface area contributed by atoms with Crippen LogP contribution in [0.25, 0.3) is 22.4 Å². The number of hydrogen-bond donors (Lipinski definition) is 1. The third-order valence-corrected chi connectivity index (χ3v) is 3.45. The lowest BCUT2D eigenvalue weighted by Crippen LogP contribution is -2.10. The van der Waals surface area contributed by atoms with E-state index in [0.29, 0.717) is 23.1 Å². The van der Waals surface area contributed by atoms with Crippen LogP contribution in [0.1, 0.15) is 12.5 Å². The van der Waals surface area contributed by atoms with Gasteiger partial charge in [0.15, 0.2) is 0 Å². The van der Waals surface area contributed by atoms with Gasteiger partial charge in [0.2, 0.25) is 0 Å². The summed E-state index contributed by atoms with van der Waals surface area (Å²) in [5.74, 6) is 0.250. The van der Waals surface area contributed by atoms with E-state index in [4.69, 9.17) is 0 Å². The molecule has 0 saturated heterocycles. The van der Waals surface area contributed by atoms with Gasteiger partial charge in [-0.25, -0.2) is 4.98 Å². The van der Waals surface area contributed by atoms with Crippen molar-refractivity contribution < 1.29 is 13.2 Å². The monoisotopic (exact) mass is 307 g/mol. The van der Waals surface area contributed by atoms with Gasteiger partial charge in [-0.15, -0.1) is 0 Å². The first kappa shape index (κ1) is 14.4. The van der Waals surface area contributed by atoms with Crippen molar-refractivity contribution in [1.29, 1.82) is 0 Å². The fraction of sp³-hybridized carbons (Fsp3) is 0.200. The molecular formula is C15H12F3N3O. The maximum atomic E-state index is 12.6. The highest BCUT2D eigenvalue weighted by molar-refractivity contribution is 5.77. The highest BCUT2D eigenvalue weighted by Gasteiger charge is 2.30. The molecule has 4 nitrogen and oxygen atoms in total. The summed E-state index contributed by atoms with van der Waals surface area (Å²) < 4.78 is 39.5. The molecule has 7 heteroatoms. The van der Waals surface area contributed by atoms with E-state index >= 15 is 0 Å². The molecule has 0 atom stereocenters. The first-order valence-corrected chi connectivity index (χ1v) is 6.67. The van der Waals surface area contributed by atoms with Crippen LogP contribution < -0.4 is 5.56 Å². The highest BCUT2D eigenvalue weighted by Crippen LogP contribution is 2.30. The Morgan fingerprint density at radius 3 is 2.45 bits per heavy atom. The number of fused-ring (bicyclic) bond motifs is 1. The Labute approximate surface area is 123 Å². The maximum absolute atomic E-state index is 12.6. The van der Waals surface area contributed by atoms with Crippen LogP contribution in [0.4, 0.5) is 13.2 Å². The van der Waals surface area contributed by atoms with Crippen molar-refractivity contribution in [2.75, 3.05) is 0 Å². The van der Waals surface area contributed by atoms with E-state index in [1.807, 2.05) is 6.92 Å². The molecule has 114 valence electrons. The lowest BCUT2D eigenvalue weighted by Gasteiger charge is -2.08. The summed E-state index contributed by atoms with van der Waals surface area (Å²) in [6, 6.07) is 6.20. The Bertz CT molecular complexity index is 876. The third kappa shape index (κ3) is 2.38. The summed E-state index contributed by atoms with van der Waals surface area (Å²) in [7, 11) is 0. The lowest BCUT2D eigenvalue weighted by atomic mass is 10.1. The molecule has 0 aliphatic rings. The van der Waals surface area contributed by atoms with Crippen molar-refractivity contribution in [2.45, 2.75) is 19.6 Å². The Kier molecular flexibility index (Phi) is 3.27. The zero-order valence-electron chi connectivity index (χ0n) is 11.6. The second kappa shape index (κ2) is 5.01. The Balaban J connectivity index is 2.12. The molecule has 3 rings (SSSR count). The molecule has 0 bridgehead atoms. The van der Waals surface area contributed by atoms with Crippen LogP contribution in [0.5, 0.6) is 0 Å². The van der Waals surface area contributed by atoms with Gasteiger partial charge in [0.1, 0.15) is 11.5 Å². The number of benzene rings is 1. The third-order valence-electron chi connectivity index (χ3n) is 3.45. The van der Waals surface area contributed by atoms with Gasteiger partial charge < -0.3 is 9.55 Å². The molecule has 22 heavy (non-hydrogen) atoms. The maximum Gasteiger partial charge on any atom is 0.416 e. The van der Waals surface area contributed by atoms with Crippen molar-refractivity contribution in [3.63, 3.8) is 0 Å². The normalized spacial score (nSPS) is 12.0. The number of nitrogens with zero attached hydrogens (tertiary/aromatic N) is 2. The first-order valence-electron chi connectivity index (χ1n) is 6.67. The minimum Gasteiger partial charge on any atom is -0.333 e. The summed E-state index contributed by atoms with van der Waals surface area (Å²) in [4.78, 5) is 19.0. The van der Waals surface area contributed by atoms with Crippen LogP contribution in [-0.4, -0.2) is 14.5 Å². The Morgan fingerprint density at radius 1 is 1.18 bits per heavy atom. The molecule has 0 radical (unpaired) electrons. The van der Waals surface area contributed by atoms with E-state index in [0.717, 1.165) is 12.1 Å². The molecule has 0 aliphatic heterocycles. The molecular weight excluding hydrogens is 295 g/mol. The number of rotatable bonds is 2. The number of alkyl halides is 3. The number of halogens is 3. The molecule has 2 heterocycles. The van der Waals surface area contributed by atoms with Crippen molar-refractivity contribution in [1.82, 2.24) is 14.5 Å². The molecule has 0 saturated carbocycles. The number of aromatic nitrogens is 3. The number of nitrogens with one attached hydrogen (secondary N) is 1. The van der Waals surface area contributed by atoms with E-state index < -0.39 is 11.7 Å². The van der Waals surface area contributed by atoms with Gasteiger partial charge in [-0.1, -0.05) is 12.1 Å². The van der Waals surface area contributed by atoms with Crippen molar-refractivity contribution in [3.05, 3.63) is 52.4 Å². The smallest absolute Gasteiger partial charge is 0.333 e.